The lowest BCUT2D eigenvalue weighted by Gasteiger charge is -2.35. The lowest BCUT2D eigenvalue weighted by atomic mass is 9.71. The van der Waals surface area contributed by atoms with Crippen molar-refractivity contribution in [3.8, 4) is 0 Å². The Morgan fingerprint density at radius 3 is 1.62 bits per heavy atom. The van der Waals surface area contributed by atoms with E-state index >= 15 is 0 Å². The lowest BCUT2D eigenvalue weighted by Crippen LogP contribution is -2.22. The predicted octanol–water partition coefficient (Wildman–Crippen LogP) is 7.51. The first-order valence-electron chi connectivity index (χ1n) is 10.1. The van der Waals surface area contributed by atoms with Crippen LogP contribution < -0.4 is 0 Å². The summed E-state index contributed by atoms with van der Waals surface area (Å²) in [5.41, 5.74) is 0. The van der Waals surface area contributed by atoms with Gasteiger partial charge in [0.1, 0.15) is 0 Å². The molecule has 0 saturated heterocycles. The van der Waals surface area contributed by atoms with Crippen molar-refractivity contribution < 1.29 is 15.0 Å². The minimum absolute atomic E-state index is 1.16. The number of fused-ring (bicyclic) bond motifs is 1. The molecule has 3 heteroatoms. The van der Waals surface area contributed by atoms with Crippen LogP contribution in [0.5, 0.6) is 0 Å². The standard InChI is InChI=1S/C10H18.C10H20.CH2O3/c1-2-6-10-8-4-3-7-9(10)5-1;1-3-5-7-9-10-8-6-4-2;2-1(3)4/h9-10H,1-8H2;3H,1,4-10H2,2H3;(H2,2,3,4). The van der Waals surface area contributed by atoms with Gasteiger partial charge in [-0.15, -0.1) is 6.58 Å². The van der Waals surface area contributed by atoms with Gasteiger partial charge in [-0.1, -0.05) is 96.5 Å². The van der Waals surface area contributed by atoms with E-state index in [9.17, 15) is 0 Å². The Morgan fingerprint density at radius 1 is 0.875 bits per heavy atom. The molecule has 24 heavy (non-hydrogen) atoms. The molecule has 0 aromatic carbocycles. The van der Waals surface area contributed by atoms with Gasteiger partial charge in [0.15, 0.2) is 0 Å². The Morgan fingerprint density at radius 2 is 1.25 bits per heavy atom. The summed E-state index contributed by atoms with van der Waals surface area (Å²) in [6, 6.07) is 0. The van der Waals surface area contributed by atoms with Crippen LogP contribution >= 0.6 is 0 Å². The summed E-state index contributed by atoms with van der Waals surface area (Å²) >= 11 is 0. The van der Waals surface area contributed by atoms with Crippen molar-refractivity contribution in [3.05, 3.63) is 12.7 Å². The van der Waals surface area contributed by atoms with E-state index in [1.165, 1.54) is 70.6 Å². The number of unbranched alkanes of at least 4 members (excludes halogenated alkanes) is 6. The fraction of sp³-hybridized carbons (Fsp3) is 0.857. The number of hydrogen-bond acceptors (Lipinski definition) is 1. The molecule has 2 fully saturated rings. The predicted molar refractivity (Wildman–Crippen MR) is 103 cm³/mol. The van der Waals surface area contributed by atoms with E-state index < -0.39 is 6.16 Å². The highest BCUT2D eigenvalue weighted by Gasteiger charge is 2.26. The first kappa shape index (κ1) is 23.0. The Labute approximate surface area is 149 Å². The third kappa shape index (κ3) is 14.6. The molecule has 2 aliphatic rings. The summed E-state index contributed by atoms with van der Waals surface area (Å²) < 4.78 is 0. The van der Waals surface area contributed by atoms with E-state index in [2.05, 4.69) is 13.5 Å². The van der Waals surface area contributed by atoms with Crippen molar-refractivity contribution in [1.82, 2.24) is 0 Å². The third-order valence-corrected chi connectivity index (χ3v) is 5.23. The molecule has 2 saturated carbocycles. The number of carboxylic acid groups (broad SMARTS) is 2. The molecule has 0 atom stereocenters. The van der Waals surface area contributed by atoms with Gasteiger partial charge in [-0.05, 0) is 24.7 Å². The van der Waals surface area contributed by atoms with Crippen molar-refractivity contribution in [2.75, 3.05) is 0 Å². The fourth-order valence-corrected chi connectivity index (χ4v) is 3.93. The molecule has 0 spiro atoms. The molecule has 0 heterocycles. The number of hydrogen-bond donors (Lipinski definition) is 2. The Bertz CT molecular complexity index is 271. The Hall–Kier alpha value is -0.990. The normalized spacial score (nSPS) is 22.0. The van der Waals surface area contributed by atoms with Crippen LogP contribution in [0, 0.1) is 11.8 Å². The highest BCUT2D eigenvalue weighted by molar-refractivity contribution is 5.53. The maximum atomic E-state index is 8.56. The molecule has 2 rings (SSSR count). The quantitative estimate of drug-likeness (QED) is 0.372. The summed E-state index contributed by atoms with van der Waals surface area (Å²) in [5.74, 6) is 2.31. The fourth-order valence-electron chi connectivity index (χ4n) is 3.93. The highest BCUT2D eigenvalue weighted by atomic mass is 16.6. The van der Waals surface area contributed by atoms with Crippen molar-refractivity contribution >= 4 is 6.16 Å². The molecule has 0 bridgehead atoms. The highest BCUT2D eigenvalue weighted by Crippen LogP contribution is 2.39. The molecule has 142 valence electrons. The van der Waals surface area contributed by atoms with E-state index in [-0.39, 0.29) is 0 Å². The number of rotatable bonds is 7. The zero-order chi connectivity index (χ0) is 18.0. The average molecular weight is 341 g/mol. The van der Waals surface area contributed by atoms with E-state index in [1.807, 2.05) is 6.08 Å². The van der Waals surface area contributed by atoms with Crippen LogP contribution in [0.1, 0.15) is 103 Å². The molecule has 0 unspecified atom stereocenters. The minimum Gasteiger partial charge on any atom is -0.450 e. The summed E-state index contributed by atoms with van der Waals surface area (Å²) in [6.45, 7) is 5.95. The summed E-state index contributed by atoms with van der Waals surface area (Å²) in [6.07, 6.45) is 22.1. The first-order valence-corrected chi connectivity index (χ1v) is 10.1. The zero-order valence-corrected chi connectivity index (χ0v) is 15.8. The van der Waals surface area contributed by atoms with Gasteiger partial charge in [0, 0.05) is 0 Å². The Balaban J connectivity index is 0.000000363. The molecular weight excluding hydrogens is 300 g/mol. The molecule has 0 aromatic heterocycles. The van der Waals surface area contributed by atoms with E-state index in [4.69, 9.17) is 15.0 Å². The van der Waals surface area contributed by atoms with Gasteiger partial charge in [0.05, 0.1) is 0 Å². The van der Waals surface area contributed by atoms with E-state index in [1.54, 1.807) is 25.7 Å². The maximum absolute atomic E-state index is 8.56. The summed E-state index contributed by atoms with van der Waals surface area (Å²) in [7, 11) is 0. The van der Waals surface area contributed by atoms with Gasteiger partial charge in [-0.3, -0.25) is 0 Å². The lowest BCUT2D eigenvalue weighted by molar-refractivity contribution is 0.137. The van der Waals surface area contributed by atoms with Gasteiger partial charge >= 0.3 is 6.16 Å². The second-order valence-corrected chi connectivity index (χ2v) is 7.22. The second-order valence-electron chi connectivity index (χ2n) is 7.22. The van der Waals surface area contributed by atoms with Gasteiger partial charge in [-0.2, -0.15) is 0 Å². The molecule has 0 radical (unpaired) electrons. The topological polar surface area (TPSA) is 57.5 Å². The van der Waals surface area contributed by atoms with Crippen LogP contribution in [0.3, 0.4) is 0 Å². The zero-order valence-electron chi connectivity index (χ0n) is 15.8. The van der Waals surface area contributed by atoms with Crippen LogP contribution in [0.25, 0.3) is 0 Å². The van der Waals surface area contributed by atoms with Gasteiger partial charge in [-0.25, -0.2) is 4.79 Å². The van der Waals surface area contributed by atoms with Crippen molar-refractivity contribution in [2.24, 2.45) is 11.8 Å². The molecule has 2 N–H and O–H groups in total. The van der Waals surface area contributed by atoms with E-state index in [0.29, 0.717) is 0 Å². The minimum atomic E-state index is -1.83. The van der Waals surface area contributed by atoms with E-state index in [0.717, 1.165) is 11.8 Å². The van der Waals surface area contributed by atoms with Crippen LogP contribution in [-0.2, 0) is 0 Å². The van der Waals surface area contributed by atoms with Crippen molar-refractivity contribution in [2.45, 2.75) is 103 Å². The molecule has 2 aliphatic carbocycles. The van der Waals surface area contributed by atoms with Crippen molar-refractivity contribution in [1.29, 1.82) is 0 Å². The van der Waals surface area contributed by atoms with Gasteiger partial charge in [0.25, 0.3) is 0 Å². The summed E-state index contributed by atoms with van der Waals surface area (Å²) in [5, 5.41) is 13.9. The SMILES string of the molecule is C1CCC2CCCCC2C1.C=CCCCCCCCC.O=C(O)O. The molecule has 0 aliphatic heterocycles. The van der Waals surface area contributed by atoms with Crippen LogP contribution in [0.4, 0.5) is 4.79 Å². The second kappa shape index (κ2) is 16.9. The van der Waals surface area contributed by atoms with Crippen LogP contribution in [0.15, 0.2) is 12.7 Å². The third-order valence-electron chi connectivity index (χ3n) is 5.23. The molecule has 0 amide bonds. The monoisotopic (exact) mass is 340 g/mol. The van der Waals surface area contributed by atoms with Gasteiger partial charge < -0.3 is 10.2 Å². The molecule has 3 nitrogen and oxygen atoms in total. The van der Waals surface area contributed by atoms with Gasteiger partial charge in [0.2, 0.25) is 0 Å². The average Bonchev–Trinajstić information content (AvgIpc) is 2.58. The van der Waals surface area contributed by atoms with Crippen LogP contribution in [0.2, 0.25) is 0 Å². The number of allylic oxidation sites excluding steroid dienone is 1. The smallest absolute Gasteiger partial charge is 0.450 e. The molecular formula is C21H40O3. The van der Waals surface area contributed by atoms with Crippen molar-refractivity contribution in [3.63, 3.8) is 0 Å². The van der Waals surface area contributed by atoms with Crippen LogP contribution in [-0.4, -0.2) is 16.4 Å². The Kier molecular flexibility index (Phi) is 16.2. The first-order chi connectivity index (χ1) is 11.6. The summed E-state index contributed by atoms with van der Waals surface area (Å²) in [4.78, 5) is 8.56. The maximum Gasteiger partial charge on any atom is 0.503 e. The number of carbonyl (C=O) groups is 1. The largest absolute Gasteiger partial charge is 0.503 e. The molecule has 0 aromatic rings.